The van der Waals surface area contributed by atoms with Crippen molar-refractivity contribution in [2.24, 2.45) is 0 Å². The number of sulfonamides is 4. The zero-order valence-electron chi connectivity index (χ0n) is 62.9. The highest BCUT2D eigenvalue weighted by molar-refractivity contribution is 7.93. The Bertz CT molecular complexity index is 5310. The van der Waals surface area contributed by atoms with E-state index in [9.17, 15) is 52.8 Å². The molecule has 0 aliphatic heterocycles. The summed E-state index contributed by atoms with van der Waals surface area (Å²) in [7, 11) is -3.08. The van der Waals surface area contributed by atoms with E-state index in [0.29, 0.717) is 95.2 Å². The largest absolute Gasteiger partial charge is 0.465 e. The number of hydrogen-bond acceptors (Lipinski definition) is 23. The van der Waals surface area contributed by atoms with E-state index in [4.69, 9.17) is 41.4 Å². The molecule has 0 saturated heterocycles. The SMILES string of the molecule is CC.CC.CCOC(=O)c1c(C)oc2ccc(NS(=O)(=O)c3ccccc3)cc12.COC.COC.COC(=O)c1c(C)oc2ccc(NS(=O)(=O)c3ccccc3)cc12.COC(=O)c1c(C)oc2ccc(NS(=O)(=O)c3ccccc3)cc12.COCc1oc2ccc(NS(=O)(=O)c3ccccc3)cc2c1C(=O)OC. The van der Waals surface area contributed by atoms with Gasteiger partial charge in [-0.1, -0.05) is 100 Å². The van der Waals surface area contributed by atoms with Crippen LogP contribution in [-0.2, 0) is 79.9 Å². The average Bonchev–Trinajstić information content (AvgIpc) is 1.67. The van der Waals surface area contributed by atoms with E-state index in [1.807, 2.05) is 27.7 Å². The summed E-state index contributed by atoms with van der Waals surface area (Å²) in [4.78, 5) is 48.7. The molecule has 4 aromatic heterocycles. The average molecular weight is 1580 g/mol. The third-order valence-corrected chi connectivity index (χ3v) is 20.1. The molecule has 12 rings (SSSR count). The second kappa shape index (κ2) is 41.7. The summed E-state index contributed by atoms with van der Waals surface area (Å²) in [6.07, 6.45) is 0. The minimum absolute atomic E-state index is 0.0875. The number of ether oxygens (including phenoxy) is 7. The fourth-order valence-electron chi connectivity index (χ4n) is 10.0. The van der Waals surface area contributed by atoms with E-state index in [-0.39, 0.29) is 49.5 Å². The Morgan fingerprint density at radius 2 is 0.560 bits per heavy atom. The smallest absolute Gasteiger partial charge is 0.342 e. The lowest BCUT2D eigenvalue weighted by Gasteiger charge is -2.08. The standard InChI is InChI=1S/C18H17NO6S.C18H17NO5S.2C17H15NO5S.2C2H6O.2C2H6/c1-23-11-16-17(18(20)24-2)14-10-12(8-9-15(14)25-16)19-26(21,22)13-6-4-3-5-7-13;1-3-23-18(20)17-12(2)24-16-10-9-13(11-15(16)17)19-25(21,22)14-7-5-4-6-8-14;2*1-11-16(17(19)22-2)14-10-12(8-9-15(14)23-11)18-24(20,21)13-6-4-3-5-7-13;2*1-3-2;2*1-2/h3-10,19H,11H2,1-2H3;4-11,19H,3H2,1-2H3;2*3-10,18H,1-2H3;2*1-2H3;2*1-2H3. The van der Waals surface area contributed by atoms with Crippen LogP contribution in [0.15, 0.2) is 231 Å². The molecule has 0 amide bonds. The van der Waals surface area contributed by atoms with Gasteiger partial charge in [0.25, 0.3) is 40.1 Å². The van der Waals surface area contributed by atoms with Crippen molar-refractivity contribution in [2.45, 2.75) is 81.6 Å². The zero-order chi connectivity index (χ0) is 80.8. The van der Waals surface area contributed by atoms with E-state index in [0.717, 1.165) is 0 Å². The number of aryl methyl sites for hydroxylation is 3. The van der Waals surface area contributed by atoms with Gasteiger partial charge in [0.05, 0.1) is 47.5 Å². The lowest BCUT2D eigenvalue weighted by atomic mass is 10.1. The van der Waals surface area contributed by atoms with Crippen LogP contribution in [0.4, 0.5) is 22.7 Å². The van der Waals surface area contributed by atoms with E-state index in [1.165, 1.54) is 83.0 Å². The number of nitrogens with one attached hydrogen (secondary N) is 4. The number of carbonyl (C=O) groups excluding carboxylic acids is 4. The van der Waals surface area contributed by atoms with Crippen molar-refractivity contribution in [3.05, 3.63) is 239 Å². The fourth-order valence-corrected chi connectivity index (χ4v) is 14.3. The van der Waals surface area contributed by atoms with Gasteiger partial charge in [-0.25, -0.2) is 52.8 Å². The van der Waals surface area contributed by atoms with Gasteiger partial charge in [0.2, 0.25) is 0 Å². The Labute approximate surface area is 633 Å². The van der Waals surface area contributed by atoms with Crippen molar-refractivity contribution >= 4 is 131 Å². The van der Waals surface area contributed by atoms with Crippen LogP contribution in [0, 0.1) is 20.8 Å². The highest BCUT2D eigenvalue weighted by Gasteiger charge is 2.27. The molecule has 31 heteroatoms. The second-order valence-electron chi connectivity index (χ2n) is 22.0. The second-order valence-corrected chi connectivity index (χ2v) is 28.7. The summed E-state index contributed by atoms with van der Waals surface area (Å²) in [6.45, 7) is 15.0. The van der Waals surface area contributed by atoms with Crippen LogP contribution in [0.5, 0.6) is 0 Å². The summed E-state index contributed by atoms with van der Waals surface area (Å²) in [5, 5.41) is 1.93. The maximum atomic E-state index is 12.5. The first-order valence-electron chi connectivity index (χ1n) is 33.2. The predicted molar refractivity (Wildman–Crippen MR) is 417 cm³/mol. The lowest BCUT2D eigenvalue weighted by molar-refractivity contribution is 0.0523. The number of esters is 4. The summed E-state index contributed by atoms with van der Waals surface area (Å²) in [5.74, 6) is -0.571. The maximum Gasteiger partial charge on any atom is 0.342 e. The number of anilines is 4. The van der Waals surface area contributed by atoms with Crippen LogP contribution in [-0.4, -0.2) is 121 Å². The molecule has 12 aromatic rings. The quantitative estimate of drug-likeness (QED) is 0.0431. The summed E-state index contributed by atoms with van der Waals surface area (Å²) in [6, 6.07) is 51.1. The number of rotatable bonds is 19. The molecule has 0 bridgehead atoms. The van der Waals surface area contributed by atoms with Crippen molar-refractivity contribution in [2.75, 3.05) is 82.4 Å². The van der Waals surface area contributed by atoms with E-state index in [1.54, 1.807) is 196 Å². The van der Waals surface area contributed by atoms with Crippen LogP contribution in [0.2, 0.25) is 0 Å². The molecule has 0 aliphatic rings. The van der Waals surface area contributed by atoms with Gasteiger partial charge in [-0.2, -0.15) is 0 Å². The third-order valence-electron chi connectivity index (χ3n) is 14.5. The highest BCUT2D eigenvalue weighted by atomic mass is 32.2. The molecule has 4 heterocycles. The molecule has 8 aromatic carbocycles. The van der Waals surface area contributed by atoms with Gasteiger partial charge in [0, 0.05) is 79.8 Å². The minimum Gasteiger partial charge on any atom is -0.465 e. The third kappa shape index (κ3) is 23.3. The molecule has 0 atom stereocenters. The maximum absolute atomic E-state index is 12.5. The molecular weight excluding hydrogens is 1490 g/mol. The van der Waals surface area contributed by atoms with E-state index in [2.05, 4.69) is 28.4 Å². The van der Waals surface area contributed by atoms with Crippen molar-refractivity contribution < 1.29 is 104 Å². The van der Waals surface area contributed by atoms with Crippen molar-refractivity contribution in [1.29, 1.82) is 0 Å². The first-order chi connectivity index (χ1) is 52.0. The predicted octanol–water partition coefficient (Wildman–Crippen LogP) is 16.1. The van der Waals surface area contributed by atoms with Crippen LogP contribution >= 0.6 is 0 Å². The number of fused-ring (bicyclic) bond motifs is 4. The lowest BCUT2D eigenvalue weighted by Crippen LogP contribution is -2.12. The van der Waals surface area contributed by atoms with Crippen LogP contribution in [0.3, 0.4) is 0 Å². The van der Waals surface area contributed by atoms with Crippen molar-refractivity contribution in [3.8, 4) is 0 Å². The van der Waals surface area contributed by atoms with E-state index >= 15 is 0 Å². The van der Waals surface area contributed by atoms with Gasteiger partial charge in [0.15, 0.2) is 0 Å². The van der Waals surface area contributed by atoms with Crippen LogP contribution in [0.25, 0.3) is 43.9 Å². The number of hydrogen-bond donors (Lipinski definition) is 4. The first-order valence-corrected chi connectivity index (χ1v) is 39.2. The summed E-state index contributed by atoms with van der Waals surface area (Å²) < 4.78 is 165. The molecule has 0 aliphatic carbocycles. The molecule has 0 fully saturated rings. The molecule has 582 valence electrons. The molecule has 0 radical (unpaired) electrons. The topological polar surface area (TPSA) is 370 Å². The fraction of sp³-hybridized carbons (Fsp3) is 0.231. The Morgan fingerprint density at radius 3 is 0.798 bits per heavy atom. The van der Waals surface area contributed by atoms with Gasteiger partial charge in [-0.3, -0.25) is 18.9 Å². The molecule has 0 unspecified atom stereocenters. The molecule has 0 saturated carbocycles. The van der Waals surface area contributed by atoms with Crippen molar-refractivity contribution in [1.82, 2.24) is 0 Å². The Hall–Kier alpha value is -11.3. The summed E-state index contributed by atoms with van der Waals surface area (Å²) >= 11 is 0. The number of furan rings is 4. The van der Waals surface area contributed by atoms with Gasteiger partial charge < -0.3 is 50.8 Å². The van der Waals surface area contributed by atoms with Gasteiger partial charge in [-0.05, 0) is 149 Å². The van der Waals surface area contributed by atoms with Gasteiger partial charge in [0.1, 0.15) is 74.2 Å². The van der Waals surface area contributed by atoms with Crippen LogP contribution < -0.4 is 18.9 Å². The zero-order valence-corrected chi connectivity index (χ0v) is 66.2. The first kappa shape index (κ1) is 88.3. The minimum atomic E-state index is -3.75. The van der Waals surface area contributed by atoms with Gasteiger partial charge >= 0.3 is 23.9 Å². The summed E-state index contributed by atoms with van der Waals surface area (Å²) in [5.41, 5.74) is 4.27. The van der Waals surface area contributed by atoms with Crippen LogP contribution in [0.1, 0.15) is 99.1 Å². The molecular formula is C78H88N4O23S4. The molecule has 0 spiro atoms. The van der Waals surface area contributed by atoms with Gasteiger partial charge in [-0.15, -0.1) is 0 Å². The number of benzene rings is 8. The Morgan fingerprint density at radius 1 is 0.330 bits per heavy atom. The number of carbonyl (C=O) groups is 4. The Kier molecular flexibility index (Phi) is 33.8. The molecule has 4 N–H and O–H groups in total. The molecule has 27 nitrogen and oxygen atoms in total. The molecule has 109 heavy (non-hydrogen) atoms. The highest BCUT2D eigenvalue weighted by Crippen LogP contribution is 2.35. The Balaban J connectivity index is 0.000000250. The monoisotopic (exact) mass is 1580 g/mol. The van der Waals surface area contributed by atoms with E-state index < -0.39 is 64.0 Å². The normalized spacial score (nSPS) is 10.8. The number of methoxy groups -OCH3 is 6. The van der Waals surface area contributed by atoms with Crippen molar-refractivity contribution in [3.63, 3.8) is 0 Å².